The van der Waals surface area contributed by atoms with Crippen molar-refractivity contribution in [2.45, 2.75) is 13.0 Å². The summed E-state index contributed by atoms with van der Waals surface area (Å²) in [7, 11) is 0. The summed E-state index contributed by atoms with van der Waals surface area (Å²) in [6.07, 6.45) is 1.02. The van der Waals surface area contributed by atoms with Gasteiger partial charge in [0.25, 0.3) is 0 Å². The second-order valence-electron chi connectivity index (χ2n) is 4.93. The highest BCUT2D eigenvalue weighted by atomic mass is 19.1. The molecule has 1 saturated heterocycles. The van der Waals surface area contributed by atoms with Gasteiger partial charge in [-0.05, 0) is 36.7 Å². The predicted molar refractivity (Wildman–Crippen MR) is 74.6 cm³/mol. The molecule has 0 bridgehead atoms. The molecule has 0 radical (unpaired) electrons. The number of nitrogens with zero attached hydrogens (tertiary/aromatic N) is 2. The van der Waals surface area contributed by atoms with E-state index >= 15 is 0 Å². The van der Waals surface area contributed by atoms with Crippen molar-refractivity contribution in [3.05, 3.63) is 29.6 Å². The van der Waals surface area contributed by atoms with Gasteiger partial charge in [0.2, 0.25) is 0 Å². The molecule has 0 spiro atoms. The van der Waals surface area contributed by atoms with Gasteiger partial charge >= 0.3 is 0 Å². The fourth-order valence-corrected chi connectivity index (χ4v) is 2.53. The Morgan fingerprint density at radius 2 is 2.00 bits per heavy atom. The lowest BCUT2D eigenvalue weighted by molar-refractivity contribution is 0.204. The Morgan fingerprint density at radius 3 is 2.74 bits per heavy atom. The van der Waals surface area contributed by atoms with Crippen molar-refractivity contribution in [3.8, 4) is 0 Å². The molecule has 0 aliphatic carbocycles. The van der Waals surface area contributed by atoms with Crippen molar-refractivity contribution in [3.63, 3.8) is 0 Å². The zero-order valence-corrected chi connectivity index (χ0v) is 11.2. The van der Waals surface area contributed by atoms with Crippen LogP contribution in [0.15, 0.2) is 18.2 Å². The van der Waals surface area contributed by atoms with Crippen LogP contribution in [0.3, 0.4) is 0 Å². The van der Waals surface area contributed by atoms with E-state index in [4.69, 9.17) is 10.8 Å². The smallest absolute Gasteiger partial charge is 0.125 e. The molecule has 3 N–H and O–H groups in total. The van der Waals surface area contributed by atoms with Gasteiger partial charge in [-0.2, -0.15) is 0 Å². The highest BCUT2D eigenvalue weighted by Crippen LogP contribution is 2.20. The van der Waals surface area contributed by atoms with Crippen molar-refractivity contribution in [1.29, 1.82) is 0 Å². The fraction of sp³-hybridized carbons (Fsp3) is 0.571. The minimum absolute atomic E-state index is 0.192. The second-order valence-corrected chi connectivity index (χ2v) is 4.93. The maximum Gasteiger partial charge on any atom is 0.125 e. The monoisotopic (exact) mass is 267 g/mol. The highest BCUT2D eigenvalue weighted by molar-refractivity contribution is 5.49. The summed E-state index contributed by atoms with van der Waals surface area (Å²) in [6.45, 7) is 4.91. The van der Waals surface area contributed by atoms with Crippen LogP contribution in [0.1, 0.15) is 12.0 Å². The van der Waals surface area contributed by atoms with Crippen molar-refractivity contribution in [2.75, 3.05) is 44.2 Å². The summed E-state index contributed by atoms with van der Waals surface area (Å²) < 4.78 is 13.5. The molecule has 1 aliphatic heterocycles. The van der Waals surface area contributed by atoms with Crippen LogP contribution in [0.5, 0.6) is 0 Å². The van der Waals surface area contributed by atoms with E-state index in [1.54, 1.807) is 6.07 Å². The number of β-amino-alcohol motifs (C(OH)–C–C–N with tert-alkyl or cyclic N) is 1. The molecule has 1 fully saturated rings. The first-order valence-electron chi connectivity index (χ1n) is 6.80. The standard InChI is InChI=1S/C14H22FN3O/c15-13-8-12(11-16)9-14(10-13)18-3-1-2-17(4-5-18)6-7-19/h8-10,19H,1-7,11,16H2. The van der Waals surface area contributed by atoms with Gasteiger partial charge in [-0.15, -0.1) is 0 Å². The quantitative estimate of drug-likeness (QED) is 0.847. The lowest BCUT2D eigenvalue weighted by Crippen LogP contribution is -2.32. The Labute approximate surface area is 113 Å². The van der Waals surface area contributed by atoms with Gasteiger partial charge < -0.3 is 15.7 Å². The van der Waals surface area contributed by atoms with E-state index in [0.717, 1.165) is 43.9 Å². The Hall–Kier alpha value is -1.17. The molecular formula is C14H22FN3O. The zero-order valence-electron chi connectivity index (χ0n) is 11.2. The van der Waals surface area contributed by atoms with Crippen molar-refractivity contribution >= 4 is 5.69 Å². The van der Waals surface area contributed by atoms with Crippen LogP contribution in [-0.4, -0.2) is 49.3 Å². The summed E-state index contributed by atoms with van der Waals surface area (Å²) in [5.74, 6) is -0.227. The lowest BCUT2D eigenvalue weighted by Gasteiger charge is -2.24. The molecule has 2 rings (SSSR count). The van der Waals surface area contributed by atoms with Crippen LogP contribution < -0.4 is 10.6 Å². The molecular weight excluding hydrogens is 245 g/mol. The maximum atomic E-state index is 13.5. The number of rotatable bonds is 4. The van der Waals surface area contributed by atoms with Crippen LogP contribution >= 0.6 is 0 Å². The van der Waals surface area contributed by atoms with Crippen molar-refractivity contribution in [1.82, 2.24) is 4.90 Å². The summed E-state index contributed by atoms with van der Waals surface area (Å²) in [5, 5.41) is 8.98. The number of aliphatic hydroxyl groups is 1. The van der Waals surface area contributed by atoms with E-state index in [-0.39, 0.29) is 12.4 Å². The molecule has 0 unspecified atom stereocenters. The SMILES string of the molecule is NCc1cc(F)cc(N2CCCN(CCO)CC2)c1. The Bertz CT molecular complexity index is 414. The molecule has 1 aliphatic rings. The Balaban J connectivity index is 2.07. The van der Waals surface area contributed by atoms with Gasteiger partial charge in [-0.1, -0.05) is 0 Å². The van der Waals surface area contributed by atoms with E-state index in [1.165, 1.54) is 6.07 Å². The van der Waals surface area contributed by atoms with Gasteiger partial charge in [0.05, 0.1) is 6.61 Å². The van der Waals surface area contributed by atoms with Gasteiger partial charge in [0, 0.05) is 38.4 Å². The van der Waals surface area contributed by atoms with Crippen LogP contribution in [-0.2, 0) is 6.54 Å². The number of halogens is 1. The number of hydrogen-bond acceptors (Lipinski definition) is 4. The summed E-state index contributed by atoms with van der Waals surface area (Å²) in [6, 6.07) is 5.02. The van der Waals surface area contributed by atoms with E-state index in [0.29, 0.717) is 13.1 Å². The average molecular weight is 267 g/mol. The first-order valence-corrected chi connectivity index (χ1v) is 6.80. The summed E-state index contributed by atoms with van der Waals surface area (Å²) >= 11 is 0. The van der Waals surface area contributed by atoms with Gasteiger partial charge in [-0.25, -0.2) is 4.39 Å². The number of hydrogen-bond donors (Lipinski definition) is 2. The number of anilines is 1. The molecule has 1 aromatic rings. The third kappa shape index (κ3) is 3.89. The summed E-state index contributed by atoms with van der Waals surface area (Å²) in [5.41, 5.74) is 7.32. The third-order valence-electron chi connectivity index (χ3n) is 3.55. The normalized spacial score (nSPS) is 17.5. The molecule has 0 saturated carbocycles. The third-order valence-corrected chi connectivity index (χ3v) is 3.55. The van der Waals surface area contributed by atoms with Crippen LogP contribution in [0, 0.1) is 5.82 Å². The minimum atomic E-state index is -0.227. The largest absolute Gasteiger partial charge is 0.395 e. The Kier molecular flexibility index (Phi) is 5.13. The molecule has 1 heterocycles. The number of aliphatic hydroxyl groups excluding tert-OH is 1. The van der Waals surface area contributed by atoms with Crippen LogP contribution in [0.2, 0.25) is 0 Å². The maximum absolute atomic E-state index is 13.5. The zero-order chi connectivity index (χ0) is 13.7. The lowest BCUT2D eigenvalue weighted by atomic mass is 10.1. The first kappa shape index (κ1) is 14.2. The average Bonchev–Trinajstić information content (AvgIpc) is 2.64. The van der Waals surface area contributed by atoms with Gasteiger partial charge in [0.15, 0.2) is 0 Å². The van der Waals surface area contributed by atoms with Gasteiger partial charge in [0.1, 0.15) is 5.82 Å². The molecule has 19 heavy (non-hydrogen) atoms. The molecule has 0 aromatic heterocycles. The second kappa shape index (κ2) is 6.84. The summed E-state index contributed by atoms with van der Waals surface area (Å²) in [4.78, 5) is 4.43. The van der Waals surface area contributed by atoms with E-state index in [1.807, 2.05) is 6.07 Å². The highest BCUT2D eigenvalue weighted by Gasteiger charge is 2.15. The molecule has 106 valence electrons. The molecule has 0 atom stereocenters. The molecule has 0 amide bonds. The molecule has 5 heteroatoms. The molecule has 4 nitrogen and oxygen atoms in total. The number of nitrogens with two attached hydrogens (primary N) is 1. The van der Waals surface area contributed by atoms with Crippen LogP contribution in [0.25, 0.3) is 0 Å². The molecule has 1 aromatic carbocycles. The topological polar surface area (TPSA) is 52.7 Å². The van der Waals surface area contributed by atoms with Crippen molar-refractivity contribution < 1.29 is 9.50 Å². The predicted octanol–water partition coefficient (Wildman–Crippen LogP) is 0.789. The van der Waals surface area contributed by atoms with Crippen molar-refractivity contribution in [2.24, 2.45) is 5.73 Å². The Morgan fingerprint density at radius 1 is 1.16 bits per heavy atom. The first-order chi connectivity index (χ1) is 9.22. The van der Waals surface area contributed by atoms with E-state index in [2.05, 4.69) is 9.80 Å². The van der Waals surface area contributed by atoms with Crippen LogP contribution in [0.4, 0.5) is 10.1 Å². The van der Waals surface area contributed by atoms with E-state index < -0.39 is 0 Å². The fourth-order valence-electron chi connectivity index (χ4n) is 2.53. The van der Waals surface area contributed by atoms with E-state index in [9.17, 15) is 4.39 Å². The van der Waals surface area contributed by atoms with Gasteiger partial charge in [-0.3, -0.25) is 4.90 Å². The number of benzene rings is 1. The minimum Gasteiger partial charge on any atom is -0.395 e.